The summed E-state index contributed by atoms with van der Waals surface area (Å²) in [5.41, 5.74) is 4.41. The third-order valence-corrected chi connectivity index (χ3v) is 3.14. The summed E-state index contributed by atoms with van der Waals surface area (Å²) in [6.45, 7) is -0.929. The van der Waals surface area contributed by atoms with Crippen LogP contribution in [0.15, 0.2) is 34.3 Å². The van der Waals surface area contributed by atoms with E-state index in [1.54, 1.807) is 0 Å². The molecule has 0 aliphatic heterocycles. The van der Waals surface area contributed by atoms with Gasteiger partial charge >= 0.3 is 5.51 Å². The predicted octanol–water partition coefficient (Wildman–Crippen LogP) is 4.63. The van der Waals surface area contributed by atoms with E-state index in [4.69, 9.17) is 10.3 Å². The van der Waals surface area contributed by atoms with Crippen molar-refractivity contribution in [2.75, 3.05) is 13.8 Å². The standard InChI is InChI=1S/C11H11F4N3OS/c1-19-10(9(6-12)17-18-16)7-2-4-8(5-3-7)20-11(13,14)15/h2-5,9-10H,6H2,1H3/t9?,10-/m1/s1. The minimum atomic E-state index is -4.37. The lowest BCUT2D eigenvalue weighted by molar-refractivity contribution is -0.0328. The fraction of sp³-hybridized carbons (Fsp3) is 0.455. The van der Waals surface area contributed by atoms with Gasteiger partial charge in [-0.3, -0.25) is 4.39 Å². The summed E-state index contributed by atoms with van der Waals surface area (Å²) in [6.07, 6.45) is -0.846. The zero-order valence-corrected chi connectivity index (χ0v) is 11.2. The van der Waals surface area contributed by atoms with Crippen LogP contribution in [0.3, 0.4) is 0 Å². The van der Waals surface area contributed by atoms with Gasteiger partial charge in [0.2, 0.25) is 0 Å². The van der Waals surface area contributed by atoms with Gasteiger partial charge in [0, 0.05) is 16.9 Å². The summed E-state index contributed by atoms with van der Waals surface area (Å²) in [4.78, 5) is 2.53. The van der Waals surface area contributed by atoms with E-state index in [-0.39, 0.29) is 16.7 Å². The number of methoxy groups -OCH3 is 1. The Morgan fingerprint density at radius 3 is 2.35 bits per heavy atom. The zero-order valence-electron chi connectivity index (χ0n) is 10.3. The number of azide groups is 1. The van der Waals surface area contributed by atoms with Gasteiger partial charge in [0.1, 0.15) is 6.67 Å². The molecule has 0 aromatic heterocycles. The van der Waals surface area contributed by atoms with E-state index in [0.29, 0.717) is 5.56 Å². The number of nitrogens with zero attached hydrogens (tertiary/aromatic N) is 3. The van der Waals surface area contributed by atoms with E-state index in [9.17, 15) is 17.6 Å². The molecule has 2 atom stereocenters. The third-order valence-electron chi connectivity index (χ3n) is 2.40. The Bertz CT molecular complexity index is 474. The van der Waals surface area contributed by atoms with Crippen LogP contribution in [0.2, 0.25) is 0 Å². The van der Waals surface area contributed by atoms with Crippen LogP contribution in [0, 0.1) is 0 Å². The van der Waals surface area contributed by atoms with Crippen LogP contribution in [-0.2, 0) is 4.74 Å². The first-order valence-electron chi connectivity index (χ1n) is 5.40. The van der Waals surface area contributed by atoms with Crippen LogP contribution >= 0.6 is 11.8 Å². The van der Waals surface area contributed by atoms with Crippen LogP contribution in [0.4, 0.5) is 17.6 Å². The van der Waals surface area contributed by atoms with Gasteiger partial charge in [0.15, 0.2) is 0 Å². The van der Waals surface area contributed by atoms with Crippen molar-refractivity contribution >= 4 is 11.8 Å². The first-order valence-corrected chi connectivity index (χ1v) is 6.21. The molecule has 110 valence electrons. The van der Waals surface area contributed by atoms with Crippen LogP contribution < -0.4 is 0 Å². The molecule has 0 bridgehead atoms. The van der Waals surface area contributed by atoms with Crippen molar-refractivity contribution in [1.82, 2.24) is 0 Å². The Balaban J connectivity index is 2.92. The Morgan fingerprint density at radius 1 is 1.35 bits per heavy atom. The van der Waals surface area contributed by atoms with E-state index in [0.717, 1.165) is 0 Å². The SMILES string of the molecule is CO[C@H](c1ccc(SC(F)(F)F)cc1)C(CF)N=[N+]=[N-]. The first kappa shape index (κ1) is 16.6. The molecule has 20 heavy (non-hydrogen) atoms. The molecule has 1 unspecified atom stereocenters. The second-order valence-corrected chi connectivity index (χ2v) is 4.84. The smallest absolute Gasteiger partial charge is 0.376 e. The highest BCUT2D eigenvalue weighted by Crippen LogP contribution is 2.37. The summed E-state index contributed by atoms with van der Waals surface area (Å²) in [5, 5.41) is 3.27. The number of ether oxygens (including phenoxy) is 1. The molecule has 0 radical (unpaired) electrons. The lowest BCUT2D eigenvalue weighted by Crippen LogP contribution is -2.20. The fourth-order valence-electron chi connectivity index (χ4n) is 1.61. The van der Waals surface area contributed by atoms with Crippen LogP contribution in [-0.4, -0.2) is 25.3 Å². The highest BCUT2D eigenvalue weighted by Gasteiger charge is 2.29. The Morgan fingerprint density at radius 2 is 1.95 bits per heavy atom. The molecule has 0 spiro atoms. The van der Waals surface area contributed by atoms with Crippen molar-refractivity contribution in [3.05, 3.63) is 40.3 Å². The van der Waals surface area contributed by atoms with Crippen molar-refractivity contribution in [1.29, 1.82) is 0 Å². The third kappa shape index (κ3) is 4.92. The van der Waals surface area contributed by atoms with Gasteiger partial charge in [0.05, 0.1) is 12.1 Å². The lowest BCUT2D eigenvalue weighted by Gasteiger charge is -2.20. The van der Waals surface area contributed by atoms with Crippen LogP contribution in [0.5, 0.6) is 0 Å². The maximum atomic E-state index is 12.8. The summed E-state index contributed by atoms with van der Waals surface area (Å²) >= 11 is -0.244. The number of hydrogen-bond donors (Lipinski definition) is 0. The van der Waals surface area contributed by atoms with Gasteiger partial charge in [0.25, 0.3) is 0 Å². The number of rotatable bonds is 6. The van der Waals surface area contributed by atoms with Gasteiger partial charge < -0.3 is 4.74 Å². The van der Waals surface area contributed by atoms with E-state index in [2.05, 4.69) is 10.0 Å². The van der Waals surface area contributed by atoms with Gasteiger partial charge in [-0.2, -0.15) is 13.2 Å². The molecule has 0 saturated carbocycles. The number of hydrogen-bond acceptors (Lipinski definition) is 3. The zero-order chi connectivity index (χ0) is 15.2. The summed E-state index contributed by atoms with van der Waals surface area (Å²) < 4.78 is 54.4. The number of benzene rings is 1. The van der Waals surface area contributed by atoms with Gasteiger partial charge in [-0.15, -0.1) is 0 Å². The minimum absolute atomic E-state index is 0.0108. The van der Waals surface area contributed by atoms with Gasteiger partial charge in [-0.05, 0) is 35.0 Å². The van der Waals surface area contributed by atoms with Crippen molar-refractivity contribution < 1.29 is 22.3 Å². The average molecular weight is 309 g/mol. The maximum absolute atomic E-state index is 12.8. The van der Waals surface area contributed by atoms with Crippen molar-refractivity contribution in [3.63, 3.8) is 0 Å². The number of halogens is 4. The fourth-order valence-corrected chi connectivity index (χ4v) is 2.15. The molecule has 9 heteroatoms. The summed E-state index contributed by atoms with van der Waals surface area (Å²) in [7, 11) is 1.30. The molecular weight excluding hydrogens is 298 g/mol. The van der Waals surface area contributed by atoms with Crippen LogP contribution in [0.1, 0.15) is 11.7 Å². The van der Waals surface area contributed by atoms with E-state index >= 15 is 0 Å². The van der Waals surface area contributed by atoms with Gasteiger partial charge in [-0.1, -0.05) is 17.2 Å². The van der Waals surface area contributed by atoms with E-state index in [1.165, 1.54) is 31.4 Å². The summed E-state index contributed by atoms with van der Waals surface area (Å²) in [5.74, 6) is 0. The number of thioether (sulfide) groups is 1. The molecular formula is C11H11F4N3OS. The molecule has 0 fully saturated rings. The van der Waals surface area contributed by atoms with E-state index in [1.807, 2.05) is 0 Å². The molecule has 0 N–H and O–H groups in total. The number of alkyl halides is 4. The molecule has 1 aromatic rings. The van der Waals surface area contributed by atoms with Crippen molar-refractivity contribution in [3.8, 4) is 0 Å². The highest BCUT2D eigenvalue weighted by molar-refractivity contribution is 8.00. The van der Waals surface area contributed by atoms with Crippen LogP contribution in [0.25, 0.3) is 10.4 Å². The second-order valence-electron chi connectivity index (χ2n) is 3.70. The quantitative estimate of drug-likeness (QED) is 0.253. The average Bonchev–Trinajstić information content (AvgIpc) is 2.38. The molecule has 0 heterocycles. The Kier molecular flexibility index (Phi) is 6.12. The maximum Gasteiger partial charge on any atom is 0.446 e. The topological polar surface area (TPSA) is 58.0 Å². The monoisotopic (exact) mass is 309 g/mol. The molecule has 0 saturated heterocycles. The Labute approximate surface area is 116 Å². The van der Waals surface area contributed by atoms with Gasteiger partial charge in [-0.25, -0.2) is 0 Å². The molecule has 0 amide bonds. The molecule has 1 aromatic carbocycles. The first-order chi connectivity index (χ1) is 9.41. The highest BCUT2D eigenvalue weighted by atomic mass is 32.2. The van der Waals surface area contributed by atoms with Crippen molar-refractivity contribution in [2.45, 2.75) is 22.5 Å². The normalized spacial score (nSPS) is 14.4. The molecule has 4 nitrogen and oxygen atoms in total. The molecule has 0 aliphatic carbocycles. The lowest BCUT2D eigenvalue weighted by atomic mass is 10.0. The minimum Gasteiger partial charge on any atom is -0.376 e. The second kappa shape index (κ2) is 7.37. The molecule has 0 aliphatic rings. The Hall–Kier alpha value is -1.44. The van der Waals surface area contributed by atoms with E-state index < -0.39 is 24.3 Å². The molecule has 1 rings (SSSR count). The van der Waals surface area contributed by atoms with Crippen molar-refractivity contribution in [2.24, 2.45) is 5.11 Å². The summed E-state index contributed by atoms with van der Waals surface area (Å²) in [6, 6.07) is 4.22. The predicted molar refractivity (Wildman–Crippen MR) is 67.0 cm³/mol. The largest absolute Gasteiger partial charge is 0.446 e.